The molecule has 148 valence electrons. The molecular weight excluding hydrogens is 364 g/mol. The molecule has 3 heterocycles. The first-order valence-electron chi connectivity index (χ1n) is 10.2. The minimum atomic E-state index is -1.01. The fourth-order valence-electron chi connectivity index (χ4n) is 4.85. The number of aliphatic hydroxyl groups is 1. The third-order valence-electron chi connectivity index (χ3n) is 6.26. The molecule has 2 bridgehead atoms. The van der Waals surface area contributed by atoms with Crippen molar-refractivity contribution >= 4 is 17.0 Å². The summed E-state index contributed by atoms with van der Waals surface area (Å²) < 4.78 is 5.57. The minimum absolute atomic E-state index is 0.0182. The van der Waals surface area contributed by atoms with Crippen molar-refractivity contribution in [1.29, 1.82) is 0 Å². The zero-order valence-corrected chi connectivity index (χ0v) is 16.2. The Labute approximate surface area is 169 Å². The van der Waals surface area contributed by atoms with E-state index in [4.69, 9.17) is 9.72 Å². The van der Waals surface area contributed by atoms with E-state index in [0.29, 0.717) is 18.5 Å². The first kappa shape index (κ1) is 18.1. The topological polar surface area (TPSA) is 62.7 Å². The maximum Gasteiger partial charge on any atom is 0.410 e. The molecule has 5 rings (SSSR count). The molecule has 1 aromatic heterocycles. The fourth-order valence-corrected chi connectivity index (χ4v) is 4.85. The molecule has 0 radical (unpaired) electrons. The second-order valence-electron chi connectivity index (χ2n) is 8.16. The van der Waals surface area contributed by atoms with Crippen molar-refractivity contribution in [2.45, 2.75) is 50.0 Å². The van der Waals surface area contributed by atoms with E-state index in [0.717, 1.165) is 29.3 Å². The highest BCUT2D eigenvalue weighted by Crippen LogP contribution is 2.45. The number of pyridine rings is 1. The quantitative estimate of drug-likeness (QED) is 0.723. The lowest BCUT2D eigenvalue weighted by molar-refractivity contribution is -0.0562. The Hall–Kier alpha value is -2.92. The molecule has 1 N–H and O–H groups in total. The lowest BCUT2D eigenvalue weighted by atomic mass is 9.83. The van der Waals surface area contributed by atoms with Crippen molar-refractivity contribution in [3.8, 4) is 0 Å². The molecule has 0 saturated carbocycles. The monoisotopic (exact) mass is 388 g/mol. The van der Waals surface area contributed by atoms with E-state index in [1.165, 1.54) is 0 Å². The van der Waals surface area contributed by atoms with Gasteiger partial charge in [-0.15, -0.1) is 0 Å². The maximum absolute atomic E-state index is 12.8. The summed E-state index contributed by atoms with van der Waals surface area (Å²) in [6.07, 6.45) is 2.49. The number of fused-ring (bicyclic) bond motifs is 3. The van der Waals surface area contributed by atoms with Crippen molar-refractivity contribution < 1.29 is 14.6 Å². The van der Waals surface area contributed by atoms with Gasteiger partial charge in [0.25, 0.3) is 0 Å². The van der Waals surface area contributed by atoms with Crippen LogP contribution in [0.15, 0.2) is 66.7 Å². The third-order valence-corrected chi connectivity index (χ3v) is 6.26. The van der Waals surface area contributed by atoms with Gasteiger partial charge in [0.15, 0.2) is 0 Å². The zero-order valence-electron chi connectivity index (χ0n) is 16.2. The van der Waals surface area contributed by atoms with E-state index in [1.54, 1.807) is 0 Å². The summed E-state index contributed by atoms with van der Waals surface area (Å²) in [5.41, 5.74) is 1.55. The molecule has 2 fully saturated rings. The van der Waals surface area contributed by atoms with Gasteiger partial charge in [-0.1, -0.05) is 54.6 Å². The fraction of sp³-hybridized carbons (Fsp3) is 0.333. The molecule has 2 saturated heterocycles. The summed E-state index contributed by atoms with van der Waals surface area (Å²) in [5, 5.41) is 12.5. The number of rotatable bonds is 3. The number of nitrogens with zero attached hydrogens (tertiary/aromatic N) is 2. The Morgan fingerprint density at radius 3 is 2.45 bits per heavy atom. The predicted octanol–water partition coefficient (Wildman–Crippen LogP) is 4.39. The van der Waals surface area contributed by atoms with Gasteiger partial charge in [0.1, 0.15) is 12.2 Å². The molecule has 5 nitrogen and oxygen atoms in total. The van der Waals surface area contributed by atoms with Gasteiger partial charge in [0.05, 0.1) is 11.2 Å². The molecule has 1 amide bonds. The van der Waals surface area contributed by atoms with Crippen LogP contribution in [-0.4, -0.2) is 33.2 Å². The first-order valence-corrected chi connectivity index (χ1v) is 10.2. The van der Waals surface area contributed by atoms with E-state index >= 15 is 0 Å². The smallest absolute Gasteiger partial charge is 0.410 e. The van der Waals surface area contributed by atoms with Gasteiger partial charge in [0, 0.05) is 30.3 Å². The molecule has 3 aromatic rings. The predicted molar refractivity (Wildman–Crippen MR) is 110 cm³/mol. The highest BCUT2D eigenvalue weighted by molar-refractivity contribution is 5.78. The number of para-hydroxylation sites is 1. The number of aromatic nitrogens is 1. The zero-order chi connectivity index (χ0) is 19.8. The Morgan fingerprint density at radius 1 is 1.00 bits per heavy atom. The van der Waals surface area contributed by atoms with Crippen LogP contribution in [0.5, 0.6) is 0 Å². The molecule has 2 aliphatic rings. The molecule has 29 heavy (non-hydrogen) atoms. The van der Waals surface area contributed by atoms with Gasteiger partial charge >= 0.3 is 6.09 Å². The van der Waals surface area contributed by atoms with Gasteiger partial charge in [0.2, 0.25) is 0 Å². The number of hydrogen-bond donors (Lipinski definition) is 1. The summed E-state index contributed by atoms with van der Waals surface area (Å²) in [4.78, 5) is 19.3. The number of piperidine rings is 1. The van der Waals surface area contributed by atoms with Crippen molar-refractivity contribution in [3.63, 3.8) is 0 Å². The second kappa shape index (κ2) is 7.16. The van der Waals surface area contributed by atoms with Crippen LogP contribution in [-0.2, 0) is 16.9 Å². The van der Waals surface area contributed by atoms with Crippen LogP contribution in [0.2, 0.25) is 0 Å². The summed E-state index contributed by atoms with van der Waals surface area (Å²) in [6.45, 7) is 0.270. The Kier molecular flexibility index (Phi) is 4.47. The summed E-state index contributed by atoms with van der Waals surface area (Å²) in [7, 11) is 0. The first-order chi connectivity index (χ1) is 14.1. The summed E-state index contributed by atoms with van der Waals surface area (Å²) >= 11 is 0. The standard InChI is InChI=1S/C24H24N2O3/c27-23(29-16-17-6-2-1-3-7-17)26-19-11-12-20(26)15-24(28,14-19)22-13-10-18-8-4-5-9-21(18)25-22/h1-10,13,19-20,28H,11-12,14-16H2. The normalized spacial score (nSPS) is 25.9. The van der Waals surface area contributed by atoms with Gasteiger partial charge < -0.3 is 14.7 Å². The highest BCUT2D eigenvalue weighted by Gasteiger charge is 2.51. The summed E-state index contributed by atoms with van der Waals surface area (Å²) in [5.74, 6) is 0. The van der Waals surface area contributed by atoms with Crippen molar-refractivity contribution in [1.82, 2.24) is 9.88 Å². The van der Waals surface area contributed by atoms with Crippen LogP contribution in [0.25, 0.3) is 10.9 Å². The van der Waals surface area contributed by atoms with Crippen molar-refractivity contribution in [2.24, 2.45) is 0 Å². The van der Waals surface area contributed by atoms with Crippen LogP contribution < -0.4 is 0 Å². The number of carbonyl (C=O) groups is 1. The largest absolute Gasteiger partial charge is 0.445 e. The van der Waals surface area contributed by atoms with Crippen LogP contribution in [0, 0.1) is 0 Å². The molecule has 2 unspecified atom stereocenters. The lowest BCUT2D eigenvalue weighted by Crippen LogP contribution is -2.52. The summed E-state index contributed by atoms with van der Waals surface area (Å²) in [6, 6.07) is 21.5. The Morgan fingerprint density at radius 2 is 1.69 bits per heavy atom. The number of carbonyl (C=O) groups excluding carboxylic acids is 1. The highest BCUT2D eigenvalue weighted by atomic mass is 16.6. The lowest BCUT2D eigenvalue weighted by Gasteiger charge is -2.42. The Balaban J connectivity index is 1.32. The molecule has 0 aliphatic carbocycles. The molecule has 0 spiro atoms. The number of benzene rings is 2. The van der Waals surface area contributed by atoms with E-state index in [-0.39, 0.29) is 24.8 Å². The van der Waals surface area contributed by atoms with Crippen molar-refractivity contribution in [2.75, 3.05) is 0 Å². The number of ether oxygens (including phenoxy) is 1. The van der Waals surface area contributed by atoms with Crippen LogP contribution in [0.4, 0.5) is 4.79 Å². The van der Waals surface area contributed by atoms with Crippen molar-refractivity contribution in [3.05, 3.63) is 78.0 Å². The average molecular weight is 388 g/mol. The molecular formula is C24H24N2O3. The molecule has 2 atom stereocenters. The number of hydrogen-bond acceptors (Lipinski definition) is 4. The van der Waals surface area contributed by atoms with Gasteiger partial charge in [-0.25, -0.2) is 9.78 Å². The van der Waals surface area contributed by atoms with Gasteiger partial charge in [-0.2, -0.15) is 0 Å². The van der Waals surface area contributed by atoms with Gasteiger partial charge in [-0.3, -0.25) is 0 Å². The van der Waals surface area contributed by atoms with Crippen LogP contribution >= 0.6 is 0 Å². The van der Waals surface area contributed by atoms with Crippen LogP contribution in [0.3, 0.4) is 0 Å². The minimum Gasteiger partial charge on any atom is -0.445 e. The second-order valence-corrected chi connectivity index (χ2v) is 8.16. The Bertz CT molecular complexity index is 1020. The third kappa shape index (κ3) is 3.36. The van der Waals surface area contributed by atoms with Crippen LogP contribution in [0.1, 0.15) is 36.9 Å². The number of amides is 1. The SMILES string of the molecule is O=C(OCc1ccccc1)N1C2CCC1CC(O)(c1ccc3ccccc3n1)C2. The van der Waals surface area contributed by atoms with E-state index in [2.05, 4.69) is 0 Å². The molecule has 2 aromatic carbocycles. The maximum atomic E-state index is 12.8. The van der Waals surface area contributed by atoms with E-state index in [1.807, 2.05) is 71.6 Å². The average Bonchev–Trinajstić information content (AvgIpc) is 3.04. The van der Waals surface area contributed by atoms with E-state index in [9.17, 15) is 9.90 Å². The van der Waals surface area contributed by atoms with Gasteiger partial charge in [-0.05, 0) is 30.5 Å². The van der Waals surface area contributed by atoms with E-state index < -0.39 is 5.60 Å². The molecule has 5 heteroatoms. The molecule has 2 aliphatic heterocycles.